The molecule has 0 aliphatic heterocycles. The fourth-order valence-electron chi connectivity index (χ4n) is 1.71. The van der Waals surface area contributed by atoms with Crippen molar-refractivity contribution in [1.82, 2.24) is 10.6 Å². The van der Waals surface area contributed by atoms with Gasteiger partial charge in [-0.1, -0.05) is 25.5 Å². The highest BCUT2D eigenvalue weighted by Gasteiger charge is 2.10. The summed E-state index contributed by atoms with van der Waals surface area (Å²) in [5.74, 6) is 0. The molecule has 20 heavy (non-hydrogen) atoms. The van der Waals surface area contributed by atoms with Gasteiger partial charge in [-0.2, -0.15) is 0 Å². The zero-order valence-electron chi connectivity index (χ0n) is 12.1. The van der Waals surface area contributed by atoms with Crippen molar-refractivity contribution >= 4 is 27.2 Å². The Bertz CT molecular complexity index is 539. The van der Waals surface area contributed by atoms with Crippen molar-refractivity contribution in [2.24, 2.45) is 0 Å². The molecule has 0 aliphatic rings. The summed E-state index contributed by atoms with van der Waals surface area (Å²) in [7, 11) is -3.14. The van der Waals surface area contributed by atoms with E-state index in [0.717, 1.165) is 24.9 Å². The zero-order chi connectivity index (χ0) is 15.2. The van der Waals surface area contributed by atoms with Crippen molar-refractivity contribution in [2.75, 3.05) is 12.8 Å². The first-order chi connectivity index (χ1) is 9.34. The second kappa shape index (κ2) is 7.59. The Morgan fingerprint density at radius 1 is 1.30 bits per heavy atom. The highest BCUT2D eigenvalue weighted by molar-refractivity contribution is 7.90. The Morgan fingerprint density at radius 3 is 2.40 bits per heavy atom. The predicted molar refractivity (Wildman–Crippen MR) is 86.6 cm³/mol. The minimum Gasteiger partial charge on any atom is -0.363 e. The number of rotatable bonds is 6. The molecular formula is C14H22N2O2S2. The van der Waals surface area contributed by atoms with Gasteiger partial charge in [-0.3, -0.25) is 0 Å². The Balaban J connectivity index is 2.60. The number of thiocarbonyl (C=S) groups is 1. The second-order valence-electron chi connectivity index (χ2n) is 4.82. The number of sulfone groups is 1. The predicted octanol–water partition coefficient (Wildman–Crippen LogP) is 2.42. The van der Waals surface area contributed by atoms with E-state index in [9.17, 15) is 8.42 Å². The third-order valence-corrected chi connectivity index (χ3v) is 4.36. The summed E-state index contributed by atoms with van der Waals surface area (Å²) in [6, 6.07) is 6.89. The van der Waals surface area contributed by atoms with Crippen molar-refractivity contribution in [3.05, 3.63) is 29.8 Å². The molecule has 0 aliphatic carbocycles. The summed E-state index contributed by atoms with van der Waals surface area (Å²) >= 11 is 5.21. The lowest BCUT2D eigenvalue weighted by atomic mass is 10.1. The first-order valence-corrected chi connectivity index (χ1v) is 8.99. The van der Waals surface area contributed by atoms with Crippen molar-refractivity contribution in [1.29, 1.82) is 0 Å². The molecule has 1 atom stereocenters. The third-order valence-electron chi connectivity index (χ3n) is 2.97. The van der Waals surface area contributed by atoms with Gasteiger partial charge in [0.15, 0.2) is 14.9 Å². The lowest BCUT2D eigenvalue weighted by Crippen LogP contribution is -2.37. The molecule has 0 amide bonds. The van der Waals surface area contributed by atoms with Crippen LogP contribution in [-0.2, 0) is 9.84 Å². The minimum atomic E-state index is -3.14. The highest BCUT2D eigenvalue weighted by atomic mass is 32.2. The molecule has 0 saturated carbocycles. The van der Waals surface area contributed by atoms with Gasteiger partial charge in [0.25, 0.3) is 0 Å². The van der Waals surface area contributed by atoms with Gasteiger partial charge in [0.1, 0.15) is 0 Å². The van der Waals surface area contributed by atoms with Gasteiger partial charge in [-0.05, 0) is 43.3 Å². The van der Waals surface area contributed by atoms with Gasteiger partial charge in [-0.15, -0.1) is 0 Å². The van der Waals surface area contributed by atoms with Gasteiger partial charge < -0.3 is 10.6 Å². The summed E-state index contributed by atoms with van der Waals surface area (Å²) < 4.78 is 22.8. The summed E-state index contributed by atoms with van der Waals surface area (Å²) in [6.45, 7) is 4.98. The molecule has 1 aromatic carbocycles. The lowest BCUT2D eigenvalue weighted by molar-refractivity contribution is 0.601. The fourth-order valence-corrected chi connectivity index (χ4v) is 2.62. The van der Waals surface area contributed by atoms with Crippen LogP contribution < -0.4 is 10.6 Å². The number of benzene rings is 1. The molecule has 6 heteroatoms. The van der Waals surface area contributed by atoms with Crippen LogP contribution in [0.2, 0.25) is 0 Å². The SMILES string of the molecule is CCCCNC(=S)N[C@@H](C)c1ccc(S(C)(=O)=O)cc1. The average molecular weight is 314 g/mol. The molecule has 0 bridgehead atoms. The molecule has 112 valence electrons. The smallest absolute Gasteiger partial charge is 0.175 e. The maximum absolute atomic E-state index is 11.4. The van der Waals surface area contributed by atoms with Gasteiger partial charge in [0, 0.05) is 12.8 Å². The van der Waals surface area contributed by atoms with Crippen molar-refractivity contribution in [3.63, 3.8) is 0 Å². The van der Waals surface area contributed by atoms with Crippen LogP contribution in [0.4, 0.5) is 0 Å². The molecule has 4 nitrogen and oxygen atoms in total. The maximum Gasteiger partial charge on any atom is 0.175 e. The molecule has 0 spiro atoms. The Hall–Kier alpha value is -1.14. The Kier molecular flexibility index (Phi) is 6.42. The molecule has 0 fully saturated rings. The average Bonchev–Trinajstić information content (AvgIpc) is 2.38. The molecule has 1 aromatic rings. The summed E-state index contributed by atoms with van der Waals surface area (Å²) in [6.07, 6.45) is 3.41. The van der Waals surface area contributed by atoms with Gasteiger partial charge in [0.2, 0.25) is 0 Å². The van der Waals surface area contributed by atoms with Crippen LogP contribution >= 0.6 is 12.2 Å². The summed E-state index contributed by atoms with van der Waals surface area (Å²) in [4.78, 5) is 0.331. The van der Waals surface area contributed by atoms with Crippen LogP contribution in [0, 0.1) is 0 Å². The Labute approximate surface area is 126 Å². The first-order valence-electron chi connectivity index (χ1n) is 6.69. The molecule has 1 rings (SSSR count). The fraction of sp³-hybridized carbons (Fsp3) is 0.500. The molecular weight excluding hydrogens is 292 g/mol. The summed E-state index contributed by atoms with van der Waals surface area (Å²) in [5, 5.41) is 6.95. The molecule has 2 N–H and O–H groups in total. The number of hydrogen-bond acceptors (Lipinski definition) is 3. The zero-order valence-corrected chi connectivity index (χ0v) is 13.8. The topological polar surface area (TPSA) is 58.2 Å². The van der Waals surface area contributed by atoms with E-state index in [1.54, 1.807) is 12.1 Å². The van der Waals surface area contributed by atoms with E-state index < -0.39 is 9.84 Å². The van der Waals surface area contributed by atoms with Crippen molar-refractivity contribution < 1.29 is 8.42 Å². The molecule has 0 saturated heterocycles. The van der Waals surface area contributed by atoms with Crippen LogP contribution in [0.3, 0.4) is 0 Å². The lowest BCUT2D eigenvalue weighted by Gasteiger charge is -2.17. The normalized spacial score (nSPS) is 12.8. The van der Waals surface area contributed by atoms with E-state index in [4.69, 9.17) is 12.2 Å². The number of unbranched alkanes of at least 4 members (excludes halogenated alkanes) is 1. The Morgan fingerprint density at radius 2 is 1.90 bits per heavy atom. The van der Waals surface area contributed by atoms with Crippen molar-refractivity contribution in [2.45, 2.75) is 37.6 Å². The number of nitrogens with one attached hydrogen (secondary N) is 2. The third kappa shape index (κ3) is 5.46. The maximum atomic E-state index is 11.4. The van der Waals surface area contributed by atoms with Crippen LogP contribution in [0.25, 0.3) is 0 Å². The molecule has 0 radical (unpaired) electrons. The van der Waals surface area contributed by atoms with Gasteiger partial charge >= 0.3 is 0 Å². The molecule has 0 unspecified atom stereocenters. The van der Waals surface area contributed by atoms with E-state index in [1.165, 1.54) is 6.26 Å². The minimum absolute atomic E-state index is 0.0326. The van der Waals surface area contributed by atoms with Crippen LogP contribution in [-0.4, -0.2) is 26.3 Å². The van der Waals surface area contributed by atoms with Crippen molar-refractivity contribution in [3.8, 4) is 0 Å². The van der Waals surface area contributed by atoms with E-state index in [-0.39, 0.29) is 6.04 Å². The summed E-state index contributed by atoms with van der Waals surface area (Å²) in [5.41, 5.74) is 0.997. The van der Waals surface area contributed by atoms with Gasteiger partial charge in [-0.25, -0.2) is 8.42 Å². The number of hydrogen-bond donors (Lipinski definition) is 2. The van der Waals surface area contributed by atoms with E-state index in [0.29, 0.717) is 10.0 Å². The first kappa shape index (κ1) is 16.9. The van der Waals surface area contributed by atoms with Gasteiger partial charge in [0.05, 0.1) is 10.9 Å². The van der Waals surface area contributed by atoms with E-state index in [2.05, 4.69) is 17.6 Å². The van der Waals surface area contributed by atoms with E-state index >= 15 is 0 Å². The van der Waals surface area contributed by atoms with Crippen LogP contribution in [0.15, 0.2) is 29.2 Å². The van der Waals surface area contributed by atoms with Crippen LogP contribution in [0.1, 0.15) is 38.3 Å². The molecule has 0 aromatic heterocycles. The van der Waals surface area contributed by atoms with Crippen LogP contribution in [0.5, 0.6) is 0 Å². The molecule has 0 heterocycles. The quantitative estimate of drug-likeness (QED) is 0.624. The largest absolute Gasteiger partial charge is 0.363 e. The standard InChI is InChI=1S/C14H22N2O2S2/c1-4-5-10-15-14(19)16-11(2)12-6-8-13(9-7-12)20(3,17)18/h6-9,11H,4-5,10H2,1-3H3,(H2,15,16,19)/t11-/m0/s1. The monoisotopic (exact) mass is 314 g/mol. The highest BCUT2D eigenvalue weighted by Crippen LogP contribution is 2.16. The second-order valence-corrected chi connectivity index (χ2v) is 7.24. The van der Waals surface area contributed by atoms with E-state index in [1.807, 2.05) is 19.1 Å².